The summed E-state index contributed by atoms with van der Waals surface area (Å²) in [5.41, 5.74) is 4.06. The molecule has 0 atom stereocenters. The molecule has 2 nitrogen and oxygen atoms in total. The van der Waals surface area contributed by atoms with Crippen LogP contribution in [0.25, 0.3) is 16.7 Å². The number of aliphatic hydroxyl groups excluding tert-OH is 1. The number of benzene rings is 2. The Labute approximate surface area is 177 Å². The van der Waals surface area contributed by atoms with Gasteiger partial charge in [0.1, 0.15) is 11.4 Å². The van der Waals surface area contributed by atoms with Crippen LogP contribution in [-0.2, 0) is 11.2 Å². The Morgan fingerprint density at radius 1 is 0.964 bits per heavy atom. The molecule has 0 fully saturated rings. The van der Waals surface area contributed by atoms with Gasteiger partial charge in [-0.15, -0.1) is 0 Å². The van der Waals surface area contributed by atoms with E-state index in [1.54, 1.807) is 6.07 Å². The van der Waals surface area contributed by atoms with Crippen LogP contribution < -0.4 is 0 Å². The van der Waals surface area contributed by atoms with E-state index in [0.717, 1.165) is 39.8 Å². The number of halogens is 2. The van der Waals surface area contributed by atoms with Crippen LogP contribution >= 0.6 is 23.2 Å². The average molecular weight is 417 g/mol. The molecule has 0 radical (unpaired) electrons. The largest absolute Gasteiger partial charge is 0.509 e. The second-order valence-corrected chi connectivity index (χ2v) is 9.02. The Balaban J connectivity index is 2.27. The van der Waals surface area contributed by atoms with Gasteiger partial charge in [0.2, 0.25) is 0 Å². The maximum absolute atomic E-state index is 11.1. The summed E-state index contributed by atoms with van der Waals surface area (Å²) in [6.07, 6.45) is 0.829. The Bertz CT molecular complexity index is 984. The number of ether oxygens (including phenoxy) is 1. The lowest BCUT2D eigenvalue weighted by atomic mass is 9.78. The van der Waals surface area contributed by atoms with Crippen molar-refractivity contribution in [2.24, 2.45) is 0 Å². The van der Waals surface area contributed by atoms with E-state index in [0.29, 0.717) is 10.0 Å². The van der Waals surface area contributed by atoms with Gasteiger partial charge in [-0.2, -0.15) is 0 Å². The molecule has 0 unspecified atom stereocenters. The number of aryl methyl sites for hydroxylation is 1. The number of hydrogen-bond donors (Lipinski definition) is 1. The van der Waals surface area contributed by atoms with Gasteiger partial charge in [-0.1, -0.05) is 54.9 Å². The fraction of sp³-hybridized carbons (Fsp3) is 0.333. The third kappa shape index (κ3) is 3.61. The van der Waals surface area contributed by atoms with Gasteiger partial charge >= 0.3 is 0 Å². The van der Waals surface area contributed by atoms with Crippen molar-refractivity contribution in [1.82, 2.24) is 0 Å². The lowest BCUT2D eigenvalue weighted by molar-refractivity contribution is -0.103. The molecule has 0 bridgehead atoms. The van der Waals surface area contributed by atoms with E-state index in [1.807, 2.05) is 45.9 Å². The van der Waals surface area contributed by atoms with E-state index in [2.05, 4.69) is 25.6 Å². The molecule has 1 aliphatic rings. The van der Waals surface area contributed by atoms with Crippen LogP contribution in [-0.4, -0.2) is 16.3 Å². The van der Waals surface area contributed by atoms with Crippen LogP contribution in [0.1, 0.15) is 45.7 Å². The molecule has 1 N–H and O–H groups in total. The Morgan fingerprint density at radius 2 is 1.64 bits per heavy atom. The van der Waals surface area contributed by atoms with Gasteiger partial charge in [0.05, 0.1) is 5.60 Å². The topological polar surface area (TPSA) is 29.5 Å². The maximum atomic E-state index is 11.1. The highest BCUT2D eigenvalue weighted by atomic mass is 35.5. The molecular weight excluding hydrogens is 391 g/mol. The van der Waals surface area contributed by atoms with Gasteiger partial charge in [-0.25, -0.2) is 0 Å². The summed E-state index contributed by atoms with van der Waals surface area (Å²) in [4.78, 5) is 0. The molecule has 148 valence electrons. The minimum atomic E-state index is -0.807. The summed E-state index contributed by atoms with van der Waals surface area (Å²) in [5, 5.41) is 12.3. The normalized spacial score (nSPS) is 18.5. The first-order chi connectivity index (χ1) is 13.0. The lowest BCUT2D eigenvalue weighted by Crippen LogP contribution is -2.44. The zero-order valence-corrected chi connectivity index (χ0v) is 18.5. The van der Waals surface area contributed by atoms with Crippen molar-refractivity contribution >= 4 is 28.8 Å². The predicted octanol–water partition coefficient (Wildman–Crippen LogP) is 7.64. The Morgan fingerprint density at radius 3 is 2.25 bits per heavy atom. The SMILES string of the molecule is C=C1C(c2cc(-c3ccc(Cl)cc3Cl)ccc2CC)=C(O)C(C)(C)OC1(C)C. The second kappa shape index (κ2) is 7.26. The van der Waals surface area contributed by atoms with Crippen molar-refractivity contribution in [3.63, 3.8) is 0 Å². The summed E-state index contributed by atoms with van der Waals surface area (Å²) in [6.45, 7) is 14.1. The van der Waals surface area contributed by atoms with Gasteiger partial charge in [0, 0.05) is 21.2 Å². The Hall–Kier alpha value is -1.74. The molecule has 0 spiro atoms. The average Bonchev–Trinajstić information content (AvgIpc) is 2.60. The predicted molar refractivity (Wildman–Crippen MR) is 119 cm³/mol. The fourth-order valence-electron chi connectivity index (χ4n) is 3.79. The van der Waals surface area contributed by atoms with Crippen LogP contribution in [0, 0.1) is 0 Å². The molecule has 1 heterocycles. The smallest absolute Gasteiger partial charge is 0.132 e. The van der Waals surface area contributed by atoms with Crippen molar-refractivity contribution < 1.29 is 9.84 Å². The number of aliphatic hydroxyl groups is 1. The van der Waals surface area contributed by atoms with Crippen LogP contribution in [0.3, 0.4) is 0 Å². The third-order valence-electron chi connectivity index (χ3n) is 5.35. The monoisotopic (exact) mass is 416 g/mol. The van der Waals surface area contributed by atoms with Crippen molar-refractivity contribution in [2.75, 3.05) is 0 Å². The minimum Gasteiger partial charge on any atom is -0.509 e. The van der Waals surface area contributed by atoms with Crippen LogP contribution in [0.15, 0.2) is 54.3 Å². The first kappa shape index (κ1) is 21.0. The van der Waals surface area contributed by atoms with Gasteiger partial charge in [0.15, 0.2) is 0 Å². The fourth-order valence-corrected chi connectivity index (χ4v) is 4.31. The maximum Gasteiger partial charge on any atom is 0.132 e. The van der Waals surface area contributed by atoms with Crippen molar-refractivity contribution in [3.05, 3.63) is 75.5 Å². The first-order valence-electron chi connectivity index (χ1n) is 9.40. The van der Waals surface area contributed by atoms with E-state index < -0.39 is 11.2 Å². The molecule has 0 aromatic heterocycles. The van der Waals surface area contributed by atoms with E-state index in [4.69, 9.17) is 27.9 Å². The highest BCUT2D eigenvalue weighted by molar-refractivity contribution is 6.36. The molecule has 4 heteroatoms. The van der Waals surface area contributed by atoms with Gasteiger partial charge in [0.25, 0.3) is 0 Å². The quantitative estimate of drug-likeness (QED) is 0.556. The van der Waals surface area contributed by atoms with E-state index in [1.165, 1.54) is 0 Å². The molecule has 1 aliphatic heterocycles. The van der Waals surface area contributed by atoms with E-state index >= 15 is 0 Å². The minimum absolute atomic E-state index is 0.200. The molecule has 0 saturated heterocycles. The molecule has 0 saturated carbocycles. The van der Waals surface area contributed by atoms with Crippen molar-refractivity contribution in [1.29, 1.82) is 0 Å². The molecule has 28 heavy (non-hydrogen) atoms. The summed E-state index contributed by atoms with van der Waals surface area (Å²) < 4.78 is 6.11. The summed E-state index contributed by atoms with van der Waals surface area (Å²) in [6, 6.07) is 11.7. The summed E-state index contributed by atoms with van der Waals surface area (Å²) in [7, 11) is 0. The zero-order chi connectivity index (χ0) is 20.9. The van der Waals surface area contributed by atoms with Crippen molar-refractivity contribution in [2.45, 2.75) is 52.2 Å². The van der Waals surface area contributed by atoms with Crippen molar-refractivity contribution in [3.8, 4) is 11.1 Å². The number of hydrogen-bond acceptors (Lipinski definition) is 2. The third-order valence-corrected chi connectivity index (χ3v) is 5.90. The Kier molecular flexibility index (Phi) is 5.44. The van der Waals surface area contributed by atoms with Gasteiger partial charge in [-0.3, -0.25) is 0 Å². The molecule has 3 rings (SSSR count). The van der Waals surface area contributed by atoms with Crippen LogP contribution in [0.4, 0.5) is 0 Å². The second-order valence-electron chi connectivity index (χ2n) is 8.17. The molecule has 0 aliphatic carbocycles. The summed E-state index contributed by atoms with van der Waals surface area (Å²) >= 11 is 12.5. The molecular formula is C24H26Cl2O2. The lowest BCUT2D eigenvalue weighted by Gasteiger charge is -2.43. The zero-order valence-electron chi connectivity index (χ0n) is 17.0. The molecule has 0 amide bonds. The van der Waals surface area contributed by atoms with Gasteiger partial charge < -0.3 is 9.84 Å². The first-order valence-corrected chi connectivity index (χ1v) is 10.2. The van der Waals surface area contributed by atoms with E-state index in [9.17, 15) is 5.11 Å². The highest BCUT2D eigenvalue weighted by Gasteiger charge is 2.43. The molecule has 2 aromatic rings. The van der Waals surface area contributed by atoms with Gasteiger partial charge in [-0.05, 0) is 74.6 Å². The highest BCUT2D eigenvalue weighted by Crippen LogP contribution is 2.46. The summed E-state index contributed by atoms with van der Waals surface area (Å²) in [5.74, 6) is 0.200. The number of rotatable bonds is 3. The standard InChI is InChI=1S/C24H26Cl2O2/c1-7-15-8-9-16(18-11-10-17(25)13-20(18)26)12-19(15)21-14(2)23(3,4)28-24(5,6)22(21)27/h8-13,27H,2,7H2,1,3-6H3. The molecule has 2 aromatic carbocycles. The van der Waals surface area contributed by atoms with Crippen LogP contribution in [0.5, 0.6) is 0 Å². The van der Waals surface area contributed by atoms with Crippen LogP contribution in [0.2, 0.25) is 10.0 Å². The van der Waals surface area contributed by atoms with E-state index in [-0.39, 0.29) is 5.76 Å².